The Hall–Kier alpha value is -1.73. The Kier molecular flexibility index (Phi) is 7.91. The van der Waals surface area contributed by atoms with Crippen LogP contribution in [-0.4, -0.2) is 66.7 Å². The van der Waals surface area contributed by atoms with E-state index >= 15 is 0 Å². The SMILES string of the molecule is Cc1cc(C)nc(NCCCC(=O)NCCCN2CCOCC2)n1. The number of hydrogen-bond acceptors (Lipinski definition) is 6. The number of aryl methyl sites for hydroxylation is 2. The van der Waals surface area contributed by atoms with Crippen molar-refractivity contribution in [3.05, 3.63) is 17.5 Å². The van der Waals surface area contributed by atoms with Gasteiger partial charge in [0.05, 0.1) is 13.2 Å². The molecule has 7 nitrogen and oxygen atoms in total. The Bertz CT molecular complexity index is 497. The second-order valence-electron chi connectivity index (χ2n) is 6.16. The Morgan fingerprint density at radius 1 is 1.17 bits per heavy atom. The average molecular weight is 335 g/mol. The van der Waals surface area contributed by atoms with E-state index in [1.54, 1.807) is 0 Å². The van der Waals surface area contributed by atoms with E-state index in [0.29, 0.717) is 18.9 Å². The van der Waals surface area contributed by atoms with Crippen molar-refractivity contribution < 1.29 is 9.53 Å². The molecule has 0 saturated carbocycles. The van der Waals surface area contributed by atoms with Crippen molar-refractivity contribution in [3.63, 3.8) is 0 Å². The Balaban J connectivity index is 1.50. The predicted octanol–water partition coefficient (Wildman–Crippen LogP) is 1.12. The van der Waals surface area contributed by atoms with Gasteiger partial charge in [-0.05, 0) is 39.3 Å². The highest BCUT2D eigenvalue weighted by molar-refractivity contribution is 5.75. The molecule has 134 valence electrons. The van der Waals surface area contributed by atoms with E-state index < -0.39 is 0 Å². The topological polar surface area (TPSA) is 79.4 Å². The highest BCUT2D eigenvalue weighted by Gasteiger charge is 2.09. The molecule has 0 spiro atoms. The summed E-state index contributed by atoms with van der Waals surface area (Å²) in [7, 11) is 0. The second kappa shape index (κ2) is 10.2. The molecule has 1 amide bonds. The summed E-state index contributed by atoms with van der Waals surface area (Å²) in [4.78, 5) is 22.8. The lowest BCUT2D eigenvalue weighted by molar-refractivity contribution is -0.121. The number of aromatic nitrogens is 2. The van der Waals surface area contributed by atoms with Crippen LogP contribution in [-0.2, 0) is 9.53 Å². The van der Waals surface area contributed by atoms with Crippen LogP contribution in [0.25, 0.3) is 0 Å². The molecule has 0 atom stereocenters. The van der Waals surface area contributed by atoms with E-state index in [9.17, 15) is 4.79 Å². The number of nitrogens with one attached hydrogen (secondary N) is 2. The molecule has 7 heteroatoms. The lowest BCUT2D eigenvalue weighted by atomic mass is 10.3. The summed E-state index contributed by atoms with van der Waals surface area (Å²) in [6.45, 7) is 10.0. The van der Waals surface area contributed by atoms with E-state index in [4.69, 9.17) is 4.74 Å². The van der Waals surface area contributed by atoms with Gasteiger partial charge in [0.15, 0.2) is 0 Å². The first-order chi connectivity index (χ1) is 11.6. The first-order valence-electron chi connectivity index (χ1n) is 8.76. The quantitative estimate of drug-likeness (QED) is 0.659. The summed E-state index contributed by atoms with van der Waals surface area (Å²) in [6.07, 6.45) is 2.28. The number of ether oxygens (including phenoxy) is 1. The van der Waals surface area contributed by atoms with E-state index in [-0.39, 0.29) is 5.91 Å². The molecule has 2 rings (SSSR count). The van der Waals surface area contributed by atoms with Gasteiger partial charge in [0, 0.05) is 44.0 Å². The van der Waals surface area contributed by atoms with Gasteiger partial charge >= 0.3 is 0 Å². The van der Waals surface area contributed by atoms with Crippen LogP contribution in [0.1, 0.15) is 30.7 Å². The molecule has 0 radical (unpaired) electrons. The van der Waals surface area contributed by atoms with Gasteiger partial charge < -0.3 is 15.4 Å². The van der Waals surface area contributed by atoms with Crippen LogP contribution in [0.15, 0.2) is 6.07 Å². The Morgan fingerprint density at radius 3 is 2.58 bits per heavy atom. The number of anilines is 1. The fourth-order valence-corrected chi connectivity index (χ4v) is 2.70. The van der Waals surface area contributed by atoms with Crippen molar-refractivity contribution in [3.8, 4) is 0 Å². The van der Waals surface area contributed by atoms with Crippen LogP contribution >= 0.6 is 0 Å². The monoisotopic (exact) mass is 335 g/mol. The third-order valence-electron chi connectivity index (χ3n) is 3.92. The molecule has 1 aromatic heterocycles. The zero-order chi connectivity index (χ0) is 17.2. The summed E-state index contributed by atoms with van der Waals surface area (Å²) in [6, 6.07) is 1.94. The van der Waals surface area contributed by atoms with Gasteiger partial charge in [-0.25, -0.2) is 9.97 Å². The number of morpholine rings is 1. The third-order valence-corrected chi connectivity index (χ3v) is 3.92. The molecule has 0 unspecified atom stereocenters. The zero-order valence-electron chi connectivity index (χ0n) is 14.8. The van der Waals surface area contributed by atoms with E-state index in [1.165, 1.54) is 0 Å². The molecule has 1 aromatic rings. The molecular formula is C17H29N5O2. The summed E-state index contributed by atoms with van der Waals surface area (Å²) in [5.74, 6) is 0.749. The molecule has 2 N–H and O–H groups in total. The van der Waals surface area contributed by atoms with Gasteiger partial charge in [-0.3, -0.25) is 9.69 Å². The van der Waals surface area contributed by atoms with Gasteiger partial charge in [-0.2, -0.15) is 0 Å². The van der Waals surface area contributed by atoms with Crippen molar-refractivity contribution in [2.24, 2.45) is 0 Å². The number of amides is 1. The van der Waals surface area contributed by atoms with Gasteiger partial charge in [0.25, 0.3) is 0 Å². The lowest BCUT2D eigenvalue weighted by Crippen LogP contribution is -2.38. The molecular weight excluding hydrogens is 306 g/mol. The molecule has 1 fully saturated rings. The normalized spacial score (nSPS) is 15.2. The molecule has 0 aliphatic carbocycles. The first kappa shape index (κ1) is 18.6. The molecule has 2 heterocycles. The van der Waals surface area contributed by atoms with E-state index in [2.05, 4.69) is 25.5 Å². The summed E-state index contributed by atoms with van der Waals surface area (Å²) >= 11 is 0. The average Bonchev–Trinajstić information content (AvgIpc) is 2.56. The zero-order valence-corrected chi connectivity index (χ0v) is 14.8. The van der Waals surface area contributed by atoms with E-state index in [0.717, 1.165) is 63.6 Å². The van der Waals surface area contributed by atoms with Crippen LogP contribution in [0.5, 0.6) is 0 Å². The van der Waals surface area contributed by atoms with E-state index in [1.807, 2.05) is 19.9 Å². The van der Waals surface area contributed by atoms with Crippen LogP contribution in [0.2, 0.25) is 0 Å². The predicted molar refractivity (Wildman–Crippen MR) is 94.1 cm³/mol. The number of rotatable bonds is 9. The maximum absolute atomic E-state index is 11.8. The van der Waals surface area contributed by atoms with Crippen molar-refractivity contribution in [1.29, 1.82) is 0 Å². The molecule has 24 heavy (non-hydrogen) atoms. The standard InChI is InChI=1S/C17H29N5O2/c1-14-13-15(2)21-17(20-14)19-6-3-5-16(23)18-7-4-8-22-9-11-24-12-10-22/h13H,3-12H2,1-2H3,(H,18,23)(H,19,20,21). The lowest BCUT2D eigenvalue weighted by Gasteiger charge is -2.26. The van der Waals surface area contributed by atoms with Crippen molar-refractivity contribution in [2.45, 2.75) is 33.1 Å². The minimum atomic E-state index is 0.111. The minimum absolute atomic E-state index is 0.111. The highest BCUT2D eigenvalue weighted by Crippen LogP contribution is 2.04. The van der Waals surface area contributed by atoms with Gasteiger partial charge in [0.1, 0.15) is 0 Å². The Morgan fingerprint density at radius 2 is 1.88 bits per heavy atom. The molecule has 0 aromatic carbocycles. The largest absolute Gasteiger partial charge is 0.379 e. The highest BCUT2D eigenvalue weighted by atomic mass is 16.5. The molecule has 1 aliphatic rings. The maximum Gasteiger partial charge on any atom is 0.223 e. The molecule has 1 saturated heterocycles. The van der Waals surface area contributed by atoms with Crippen molar-refractivity contribution in [2.75, 3.05) is 51.3 Å². The van der Waals surface area contributed by atoms with Gasteiger partial charge in [-0.15, -0.1) is 0 Å². The van der Waals surface area contributed by atoms with Crippen LogP contribution in [0, 0.1) is 13.8 Å². The number of carbonyl (C=O) groups excluding carboxylic acids is 1. The van der Waals surface area contributed by atoms with Crippen molar-refractivity contribution >= 4 is 11.9 Å². The fraction of sp³-hybridized carbons (Fsp3) is 0.706. The second-order valence-corrected chi connectivity index (χ2v) is 6.16. The smallest absolute Gasteiger partial charge is 0.223 e. The first-order valence-corrected chi connectivity index (χ1v) is 8.76. The third kappa shape index (κ3) is 7.23. The minimum Gasteiger partial charge on any atom is -0.379 e. The van der Waals surface area contributed by atoms with Crippen LogP contribution in [0.4, 0.5) is 5.95 Å². The number of carbonyl (C=O) groups is 1. The summed E-state index contributed by atoms with van der Waals surface area (Å²) in [5, 5.41) is 6.15. The molecule has 0 bridgehead atoms. The summed E-state index contributed by atoms with van der Waals surface area (Å²) in [5.41, 5.74) is 1.89. The molecule has 1 aliphatic heterocycles. The number of hydrogen-bond donors (Lipinski definition) is 2. The number of nitrogens with zero attached hydrogens (tertiary/aromatic N) is 3. The maximum atomic E-state index is 11.8. The van der Waals surface area contributed by atoms with Crippen LogP contribution < -0.4 is 10.6 Å². The van der Waals surface area contributed by atoms with Gasteiger partial charge in [0.2, 0.25) is 11.9 Å². The van der Waals surface area contributed by atoms with Crippen molar-refractivity contribution in [1.82, 2.24) is 20.2 Å². The van der Waals surface area contributed by atoms with Gasteiger partial charge in [-0.1, -0.05) is 0 Å². The summed E-state index contributed by atoms with van der Waals surface area (Å²) < 4.78 is 5.32. The Labute approximate surface area is 144 Å². The fourth-order valence-electron chi connectivity index (χ4n) is 2.70. The van der Waals surface area contributed by atoms with Crippen LogP contribution in [0.3, 0.4) is 0 Å².